The highest BCUT2D eigenvalue weighted by atomic mass is 19.4. The Labute approximate surface area is 191 Å². The first-order valence-corrected chi connectivity index (χ1v) is 10.8. The van der Waals surface area contributed by atoms with Crippen LogP contribution < -0.4 is 10.5 Å². The quantitative estimate of drug-likeness (QED) is 0.456. The Morgan fingerprint density at radius 2 is 2.03 bits per heavy atom. The Kier molecular flexibility index (Phi) is 4.29. The first-order valence-electron chi connectivity index (χ1n) is 10.8. The minimum atomic E-state index is -4.47. The van der Waals surface area contributed by atoms with Crippen LogP contribution in [0.1, 0.15) is 40.5 Å². The van der Waals surface area contributed by atoms with Crippen LogP contribution in [0, 0.1) is 0 Å². The van der Waals surface area contributed by atoms with Gasteiger partial charge >= 0.3 is 6.18 Å². The number of carbonyl (C=O) groups is 1. The van der Waals surface area contributed by atoms with E-state index in [4.69, 9.17) is 10.5 Å². The number of hydrogen-bond acceptors (Lipinski definition) is 6. The maximum atomic E-state index is 13.6. The van der Waals surface area contributed by atoms with Gasteiger partial charge in [-0.25, -0.2) is 9.97 Å². The van der Waals surface area contributed by atoms with E-state index in [9.17, 15) is 18.0 Å². The molecule has 3 aromatic heterocycles. The Morgan fingerprint density at radius 1 is 1.21 bits per heavy atom. The van der Waals surface area contributed by atoms with Crippen molar-refractivity contribution in [3.63, 3.8) is 0 Å². The van der Waals surface area contributed by atoms with Gasteiger partial charge in [-0.3, -0.25) is 9.48 Å². The number of halogens is 3. The molecule has 1 aromatic carbocycles. The lowest BCUT2D eigenvalue weighted by atomic mass is 9.93. The monoisotopic (exact) mass is 468 g/mol. The maximum absolute atomic E-state index is 13.6. The summed E-state index contributed by atoms with van der Waals surface area (Å²) >= 11 is 0. The van der Waals surface area contributed by atoms with Crippen molar-refractivity contribution >= 4 is 33.5 Å². The molecule has 34 heavy (non-hydrogen) atoms. The summed E-state index contributed by atoms with van der Waals surface area (Å²) in [4.78, 5) is 23.9. The molecule has 1 saturated heterocycles. The topological polar surface area (TPSA) is 99.2 Å². The number of nitrogens with two attached hydrogens (primary N) is 1. The van der Waals surface area contributed by atoms with E-state index >= 15 is 0 Å². The zero-order valence-electron chi connectivity index (χ0n) is 18.0. The number of hydrogen-bond donors (Lipinski definition) is 1. The fourth-order valence-corrected chi connectivity index (χ4v) is 5.04. The third-order valence-corrected chi connectivity index (χ3v) is 6.59. The summed E-state index contributed by atoms with van der Waals surface area (Å²) in [6, 6.07) is 4.65. The van der Waals surface area contributed by atoms with Crippen molar-refractivity contribution in [2.45, 2.75) is 31.2 Å². The molecule has 8 nitrogen and oxygen atoms in total. The normalized spacial score (nSPS) is 19.8. The van der Waals surface area contributed by atoms with Crippen molar-refractivity contribution in [1.29, 1.82) is 0 Å². The second kappa shape index (κ2) is 7.05. The lowest BCUT2D eigenvalue weighted by molar-refractivity contribution is -0.137. The first kappa shape index (κ1) is 20.7. The molecule has 0 bridgehead atoms. The van der Waals surface area contributed by atoms with Gasteiger partial charge in [0.25, 0.3) is 5.91 Å². The lowest BCUT2D eigenvalue weighted by Gasteiger charge is -2.36. The van der Waals surface area contributed by atoms with E-state index in [0.717, 1.165) is 17.5 Å². The molecule has 0 saturated carbocycles. The number of alkyl halides is 3. The van der Waals surface area contributed by atoms with Crippen molar-refractivity contribution in [1.82, 2.24) is 24.6 Å². The van der Waals surface area contributed by atoms with Crippen LogP contribution in [0.3, 0.4) is 0 Å². The Bertz CT molecular complexity index is 1480. The second-order valence-corrected chi connectivity index (χ2v) is 8.61. The third kappa shape index (κ3) is 2.99. The highest BCUT2D eigenvalue weighted by molar-refractivity contribution is 6.09. The van der Waals surface area contributed by atoms with E-state index in [-0.39, 0.29) is 17.4 Å². The molecule has 2 aliphatic heterocycles. The smallest absolute Gasteiger partial charge is 0.416 e. The minimum absolute atomic E-state index is 0.174. The van der Waals surface area contributed by atoms with Crippen LogP contribution in [0.15, 0.2) is 36.7 Å². The van der Waals surface area contributed by atoms with Gasteiger partial charge in [0.1, 0.15) is 28.9 Å². The number of benzene rings is 1. The summed E-state index contributed by atoms with van der Waals surface area (Å²) in [5.41, 5.74) is 7.29. The third-order valence-electron chi connectivity index (χ3n) is 6.59. The van der Waals surface area contributed by atoms with Crippen molar-refractivity contribution < 1.29 is 22.7 Å². The van der Waals surface area contributed by atoms with Gasteiger partial charge in [-0.05, 0) is 31.0 Å². The highest BCUT2D eigenvalue weighted by Gasteiger charge is 2.44. The SMILES string of the molecule is Cn1ncc2c3cc(C(=O)N4CCC[C@@H]5Oc6cc(C(F)(F)F)ccc6[C@@H]54)ncc3nc(N)c21. The average Bonchev–Trinajstić information content (AvgIpc) is 3.38. The average molecular weight is 468 g/mol. The van der Waals surface area contributed by atoms with E-state index in [0.29, 0.717) is 47.2 Å². The summed E-state index contributed by atoms with van der Waals surface area (Å²) < 4.78 is 47.0. The van der Waals surface area contributed by atoms with E-state index in [1.54, 1.807) is 28.9 Å². The van der Waals surface area contributed by atoms with Crippen molar-refractivity contribution in [3.8, 4) is 5.75 Å². The number of likely N-dealkylation sites (tertiary alicyclic amines) is 1. The number of carbonyl (C=O) groups excluding carboxylic acids is 1. The van der Waals surface area contributed by atoms with Crippen LogP contribution in [-0.4, -0.2) is 43.2 Å². The molecule has 0 radical (unpaired) electrons. The number of nitrogens with zero attached hydrogens (tertiary/aromatic N) is 5. The fraction of sp³-hybridized carbons (Fsp3) is 0.304. The number of amides is 1. The van der Waals surface area contributed by atoms with Gasteiger partial charge in [-0.2, -0.15) is 18.3 Å². The van der Waals surface area contributed by atoms with E-state index in [2.05, 4.69) is 15.1 Å². The van der Waals surface area contributed by atoms with Gasteiger partial charge in [0, 0.05) is 29.9 Å². The van der Waals surface area contributed by atoms with Crippen LogP contribution in [0.5, 0.6) is 5.75 Å². The predicted molar refractivity (Wildman–Crippen MR) is 117 cm³/mol. The summed E-state index contributed by atoms with van der Waals surface area (Å²) in [6.45, 7) is 0.450. The van der Waals surface area contributed by atoms with Crippen LogP contribution >= 0.6 is 0 Å². The number of rotatable bonds is 1. The largest absolute Gasteiger partial charge is 0.488 e. The molecule has 1 fully saturated rings. The van der Waals surface area contributed by atoms with Crippen molar-refractivity contribution in [2.75, 3.05) is 12.3 Å². The van der Waals surface area contributed by atoms with Crippen LogP contribution in [0.25, 0.3) is 21.8 Å². The van der Waals surface area contributed by atoms with Crippen LogP contribution in [-0.2, 0) is 13.2 Å². The Morgan fingerprint density at radius 3 is 2.82 bits per heavy atom. The number of piperidine rings is 1. The van der Waals surface area contributed by atoms with Crippen molar-refractivity contribution in [2.24, 2.45) is 7.05 Å². The van der Waals surface area contributed by atoms with Gasteiger partial charge in [-0.1, -0.05) is 6.07 Å². The highest BCUT2D eigenvalue weighted by Crippen LogP contribution is 2.46. The van der Waals surface area contributed by atoms with Gasteiger partial charge in [0.2, 0.25) is 0 Å². The zero-order valence-corrected chi connectivity index (χ0v) is 18.0. The predicted octanol–water partition coefficient (Wildman–Crippen LogP) is 3.86. The molecule has 2 aliphatic rings. The van der Waals surface area contributed by atoms with Gasteiger partial charge < -0.3 is 15.4 Å². The van der Waals surface area contributed by atoms with Crippen LogP contribution in [0.4, 0.5) is 19.0 Å². The molecular weight excluding hydrogens is 449 g/mol. The minimum Gasteiger partial charge on any atom is -0.488 e. The number of nitrogen functional groups attached to an aromatic ring is 1. The molecule has 6 rings (SSSR count). The molecule has 11 heteroatoms. The molecule has 1 amide bonds. The van der Waals surface area contributed by atoms with Crippen molar-refractivity contribution in [3.05, 3.63) is 53.5 Å². The summed E-state index contributed by atoms with van der Waals surface area (Å²) in [6.07, 6.45) is -0.378. The number of aryl methyl sites for hydroxylation is 1. The lowest BCUT2D eigenvalue weighted by Crippen LogP contribution is -2.44. The molecule has 2 N–H and O–H groups in total. The second-order valence-electron chi connectivity index (χ2n) is 8.61. The van der Waals surface area contributed by atoms with Crippen LogP contribution in [0.2, 0.25) is 0 Å². The van der Waals surface area contributed by atoms with E-state index in [1.807, 2.05) is 0 Å². The fourth-order valence-electron chi connectivity index (χ4n) is 5.04. The van der Waals surface area contributed by atoms with Gasteiger partial charge in [-0.15, -0.1) is 0 Å². The Hall–Kier alpha value is -3.89. The van der Waals surface area contributed by atoms with E-state index in [1.165, 1.54) is 12.3 Å². The summed E-state index contributed by atoms with van der Waals surface area (Å²) in [5, 5.41) is 5.70. The first-order chi connectivity index (χ1) is 16.2. The molecule has 0 spiro atoms. The zero-order chi connectivity index (χ0) is 23.8. The summed E-state index contributed by atoms with van der Waals surface area (Å²) in [7, 11) is 1.76. The van der Waals surface area contributed by atoms with Gasteiger partial charge in [0.05, 0.1) is 29.5 Å². The molecule has 4 aromatic rings. The number of ether oxygens (including phenoxy) is 1. The molecule has 2 atom stereocenters. The number of fused-ring (bicyclic) bond motifs is 6. The molecule has 0 aliphatic carbocycles. The van der Waals surface area contributed by atoms with Gasteiger partial charge in [0.15, 0.2) is 0 Å². The standard InChI is InChI=1S/C23H19F3N6O2/c1-31-20-14(9-29-31)13-8-15(28-10-16(13)30-21(20)27)22(33)32-6-2-3-17-19(32)12-5-4-11(23(24,25)26)7-18(12)34-17/h4-5,7-10,17,19H,2-3,6H2,1H3,(H2,27,30)/t17-,19-/m0/s1. The molecule has 5 heterocycles. The number of aromatic nitrogens is 4. The molecular formula is C23H19F3N6O2. The number of pyridine rings is 2. The Balaban J connectivity index is 1.40. The molecule has 0 unspecified atom stereocenters. The summed E-state index contributed by atoms with van der Waals surface area (Å²) in [5.74, 6) is 0.176. The van der Waals surface area contributed by atoms with E-state index < -0.39 is 23.9 Å². The maximum Gasteiger partial charge on any atom is 0.416 e. The number of anilines is 1. The molecule has 174 valence electrons.